The predicted octanol–water partition coefficient (Wildman–Crippen LogP) is -0.791. The summed E-state index contributed by atoms with van der Waals surface area (Å²) >= 11 is 0. The van der Waals surface area contributed by atoms with Gasteiger partial charge < -0.3 is 15.8 Å². The molecule has 0 saturated carbocycles. The third kappa shape index (κ3) is 0.879. The number of nitrogens with two attached hydrogens (primary N) is 1. The topological polar surface area (TPSA) is 99.9 Å². The van der Waals surface area contributed by atoms with Gasteiger partial charge in [-0.3, -0.25) is 0 Å². The van der Waals surface area contributed by atoms with E-state index in [1.165, 1.54) is 6.92 Å². The number of rotatable bonds is 1. The summed E-state index contributed by atoms with van der Waals surface area (Å²) in [5.41, 5.74) is 5.07. The van der Waals surface area contributed by atoms with E-state index in [0.717, 1.165) is 0 Å². The molecule has 0 atom stereocenters. The summed E-state index contributed by atoms with van der Waals surface area (Å²) in [5.74, 6) is 0.0803. The summed E-state index contributed by atoms with van der Waals surface area (Å²) in [4.78, 5) is 14.1. The van der Waals surface area contributed by atoms with Crippen LogP contribution in [0.25, 0.3) is 0 Å². The van der Waals surface area contributed by atoms with E-state index in [9.17, 15) is 10.1 Å². The summed E-state index contributed by atoms with van der Waals surface area (Å²) in [7, 11) is 0. The van der Waals surface area contributed by atoms with Crippen molar-refractivity contribution >= 4 is 5.95 Å². The molecule has 2 N–H and O–H groups in total. The highest BCUT2D eigenvalue weighted by atomic mass is 16.7. The molecule has 7 nitrogen and oxygen atoms in total. The summed E-state index contributed by atoms with van der Waals surface area (Å²) in [6, 6.07) is 0. The van der Waals surface area contributed by atoms with Gasteiger partial charge >= 0.3 is 5.95 Å². The van der Waals surface area contributed by atoms with E-state index in [0.29, 0.717) is 4.79 Å². The summed E-state index contributed by atoms with van der Waals surface area (Å²) in [5, 5.41) is 12.6. The zero-order valence-electron chi connectivity index (χ0n) is 5.18. The lowest BCUT2D eigenvalue weighted by atomic mass is 10.7. The molecule has 0 fully saturated rings. The average Bonchev–Trinajstić information content (AvgIpc) is 2.10. The van der Waals surface area contributed by atoms with Gasteiger partial charge in [0.25, 0.3) is 0 Å². The van der Waals surface area contributed by atoms with Crippen molar-refractivity contribution in [2.75, 3.05) is 5.73 Å². The highest BCUT2D eigenvalue weighted by Crippen LogP contribution is 1.95. The number of nitrogen functional groups attached to an aromatic ring is 1. The predicted molar refractivity (Wildman–Crippen MR) is 31.6 cm³/mol. The van der Waals surface area contributed by atoms with Crippen LogP contribution < -0.4 is 5.73 Å². The number of aryl methyl sites for hydroxylation is 1. The minimum absolute atomic E-state index is 0.0887. The molecule has 0 aliphatic heterocycles. The van der Waals surface area contributed by atoms with Crippen molar-refractivity contribution < 1.29 is 5.03 Å². The monoisotopic (exact) mass is 143 g/mol. The lowest BCUT2D eigenvalue weighted by molar-refractivity contribution is -0.554. The van der Waals surface area contributed by atoms with E-state index in [-0.39, 0.29) is 11.8 Å². The zero-order valence-corrected chi connectivity index (χ0v) is 5.18. The van der Waals surface area contributed by atoms with Crippen molar-refractivity contribution in [2.24, 2.45) is 0 Å². The maximum Gasteiger partial charge on any atom is 0.363 e. The molecule has 10 heavy (non-hydrogen) atoms. The van der Waals surface area contributed by atoms with Gasteiger partial charge in [0.15, 0.2) is 0 Å². The number of nitro groups is 1. The van der Waals surface area contributed by atoms with Crippen LogP contribution in [0.2, 0.25) is 0 Å². The molecule has 0 bridgehead atoms. The lowest BCUT2D eigenvalue weighted by Gasteiger charge is -1.89. The van der Waals surface area contributed by atoms with Crippen LogP contribution in [0.4, 0.5) is 5.95 Å². The fraction of sp³-hybridized carbons (Fsp3) is 0.333. The standard InChI is InChI=1S/C3H5N5O2/c1-2-5-3(4)6-7(2)8(9)10/h1H3,(H2,4,6). The quantitative estimate of drug-likeness (QED) is 0.410. The highest BCUT2D eigenvalue weighted by Gasteiger charge is 2.12. The van der Waals surface area contributed by atoms with E-state index in [1.54, 1.807) is 0 Å². The van der Waals surface area contributed by atoms with Crippen LogP contribution in [0.15, 0.2) is 0 Å². The largest absolute Gasteiger partial charge is 0.363 e. The second-order valence-corrected chi connectivity index (χ2v) is 1.64. The van der Waals surface area contributed by atoms with Crippen LogP contribution in [0.3, 0.4) is 0 Å². The minimum atomic E-state index is -0.696. The van der Waals surface area contributed by atoms with Gasteiger partial charge in [-0.25, -0.2) is 0 Å². The molecule has 0 radical (unpaired) electrons. The molecule has 1 rings (SSSR count). The molecule has 1 heterocycles. The van der Waals surface area contributed by atoms with E-state index >= 15 is 0 Å². The first-order valence-electron chi connectivity index (χ1n) is 2.45. The van der Waals surface area contributed by atoms with Gasteiger partial charge in [0.2, 0.25) is 5.82 Å². The van der Waals surface area contributed by atoms with Crippen molar-refractivity contribution in [3.05, 3.63) is 15.9 Å². The number of hydrogen-bond acceptors (Lipinski definition) is 5. The fourth-order valence-electron chi connectivity index (χ4n) is 0.557. The third-order valence-corrected chi connectivity index (χ3v) is 0.918. The van der Waals surface area contributed by atoms with Gasteiger partial charge in [-0.1, -0.05) is 0 Å². The summed E-state index contributed by atoms with van der Waals surface area (Å²) in [6.07, 6.45) is 0. The second kappa shape index (κ2) is 1.94. The number of hydrogen-bond donors (Lipinski definition) is 1. The van der Waals surface area contributed by atoms with E-state index in [2.05, 4.69) is 10.1 Å². The van der Waals surface area contributed by atoms with Crippen LogP contribution in [0, 0.1) is 17.0 Å². The molecule has 0 saturated heterocycles. The van der Waals surface area contributed by atoms with E-state index < -0.39 is 5.03 Å². The molecule has 0 aliphatic carbocycles. The molecule has 1 aromatic heterocycles. The zero-order chi connectivity index (χ0) is 7.72. The number of aromatic nitrogens is 3. The van der Waals surface area contributed by atoms with Crippen LogP contribution in [-0.2, 0) is 0 Å². The first-order valence-corrected chi connectivity index (χ1v) is 2.45. The van der Waals surface area contributed by atoms with Gasteiger partial charge in [-0.2, -0.15) is 4.98 Å². The van der Waals surface area contributed by atoms with Gasteiger partial charge in [0.05, 0.1) is 10.1 Å². The smallest absolute Gasteiger partial charge is 0.344 e. The summed E-state index contributed by atoms with van der Waals surface area (Å²) in [6.45, 7) is 1.45. The van der Waals surface area contributed by atoms with Crippen LogP contribution in [-0.4, -0.2) is 19.9 Å². The van der Waals surface area contributed by atoms with Gasteiger partial charge in [-0.05, 0) is 0 Å². The van der Waals surface area contributed by atoms with Crippen molar-refractivity contribution in [2.45, 2.75) is 6.92 Å². The Bertz CT molecular complexity index is 266. The fourth-order valence-corrected chi connectivity index (χ4v) is 0.557. The third-order valence-electron chi connectivity index (χ3n) is 0.918. The van der Waals surface area contributed by atoms with Gasteiger partial charge in [0, 0.05) is 11.7 Å². The molecule has 7 heteroatoms. The van der Waals surface area contributed by atoms with E-state index in [1.807, 2.05) is 0 Å². The van der Waals surface area contributed by atoms with Crippen LogP contribution in [0.1, 0.15) is 5.82 Å². The Labute approximate surface area is 55.6 Å². The molecule has 0 amide bonds. The molecular weight excluding hydrogens is 138 g/mol. The van der Waals surface area contributed by atoms with Crippen molar-refractivity contribution in [3.63, 3.8) is 0 Å². The maximum atomic E-state index is 10.0. The van der Waals surface area contributed by atoms with E-state index in [4.69, 9.17) is 5.73 Å². The van der Waals surface area contributed by atoms with Crippen molar-refractivity contribution in [1.29, 1.82) is 0 Å². The number of anilines is 1. The Balaban J connectivity index is 3.15. The maximum absolute atomic E-state index is 10.0. The van der Waals surface area contributed by atoms with Gasteiger partial charge in [0.1, 0.15) is 0 Å². The molecule has 1 aromatic rings. The molecular formula is C3H5N5O2. The number of nitrogens with zero attached hydrogens (tertiary/aromatic N) is 4. The highest BCUT2D eigenvalue weighted by molar-refractivity contribution is 5.12. The first-order chi connectivity index (χ1) is 4.61. The van der Waals surface area contributed by atoms with Crippen LogP contribution >= 0.6 is 0 Å². The van der Waals surface area contributed by atoms with Crippen molar-refractivity contribution in [1.82, 2.24) is 14.9 Å². The first kappa shape index (κ1) is 6.46. The Morgan fingerprint density at radius 2 is 2.40 bits per heavy atom. The molecule has 0 unspecified atom stereocenters. The lowest BCUT2D eigenvalue weighted by Crippen LogP contribution is -2.12. The Morgan fingerprint density at radius 1 is 1.80 bits per heavy atom. The summed E-state index contributed by atoms with van der Waals surface area (Å²) < 4.78 is 0. The molecule has 0 aromatic carbocycles. The van der Waals surface area contributed by atoms with Crippen LogP contribution in [0.5, 0.6) is 0 Å². The SMILES string of the molecule is Cc1nc(N)nn1[N+](=O)[O-]. The Kier molecular flexibility index (Phi) is 1.25. The van der Waals surface area contributed by atoms with Crippen molar-refractivity contribution in [3.8, 4) is 0 Å². The molecule has 0 spiro atoms. The van der Waals surface area contributed by atoms with Gasteiger partial charge in [-0.15, -0.1) is 0 Å². The average molecular weight is 143 g/mol. The Morgan fingerprint density at radius 3 is 2.60 bits per heavy atom. The minimum Gasteiger partial charge on any atom is -0.344 e. The Hall–Kier alpha value is -1.66. The normalized spacial score (nSPS) is 9.70. The molecule has 54 valence electrons. The molecule has 0 aliphatic rings. The second-order valence-electron chi connectivity index (χ2n) is 1.64.